The second kappa shape index (κ2) is 6.45. The van der Waals surface area contributed by atoms with Crippen molar-refractivity contribution in [2.45, 2.75) is 13.0 Å². The number of halogens is 1. The smallest absolute Gasteiger partial charge is 0.307 e. The molecule has 0 aliphatic heterocycles. The number of aromatic nitrogens is 1. The summed E-state index contributed by atoms with van der Waals surface area (Å²) >= 11 is 5.84. The Hall–Kier alpha value is -2.27. The molecular weight excluding hydrogens is 292 g/mol. The number of nitrogens with zero attached hydrogens (tertiary/aromatic N) is 1. The Morgan fingerprint density at radius 3 is 2.52 bits per heavy atom. The van der Waals surface area contributed by atoms with Gasteiger partial charge in [0.1, 0.15) is 5.69 Å². The number of carbonyl (C=O) groups is 2. The molecule has 0 bridgehead atoms. The van der Waals surface area contributed by atoms with Gasteiger partial charge < -0.3 is 15.0 Å². The maximum absolute atomic E-state index is 12.1. The molecule has 5 nitrogen and oxygen atoms in total. The average Bonchev–Trinajstić information content (AvgIpc) is 2.76. The minimum absolute atomic E-state index is 0.0674. The van der Waals surface area contributed by atoms with Crippen LogP contribution in [0.15, 0.2) is 36.5 Å². The van der Waals surface area contributed by atoms with Gasteiger partial charge in [0.15, 0.2) is 0 Å². The van der Waals surface area contributed by atoms with E-state index in [1.807, 2.05) is 6.07 Å². The zero-order valence-corrected chi connectivity index (χ0v) is 12.2. The van der Waals surface area contributed by atoms with Gasteiger partial charge in [-0.25, -0.2) is 0 Å². The van der Waals surface area contributed by atoms with Crippen LogP contribution >= 0.6 is 11.6 Å². The van der Waals surface area contributed by atoms with Gasteiger partial charge in [-0.1, -0.05) is 35.9 Å². The van der Waals surface area contributed by atoms with Crippen molar-refractivity contribution in [1.29, 1.82) is 0 Å². The normalized spacial score (nSPS) is 10.4. The fraction of sp³-hybridized carbons (Fsp3) is 0.200. The van der Waals surface area contributed by atoms with Crippen LogP contribution < -0.4 is 5.32 Å². The summed E-state index contributed by atoms with van der Waals surface area (Å²) in [5.41, 5.74) is 1.93. The first-order valence-corrected chi connectivity index (χ1v) is 6.74. The van der Waals surface area contributed by atoms with Crippen LogP contribution in [0.25, 0.3) is 0 Å². The van der Waals surface area contributed by atoms with Crippen LogP contribution in [0, 0.1) is 0 Å². The summed E-state index contributed by atoms with van der Waals surface area (Å²) in [6.07, 6.45) is 1.58. The third-order valence-corrected chi connectivity index (χ3v) is 3.31. The first-order valence-electron chi connectivity index (χ1n) is 6.36. The van der Waals surface area contributed by atoms with Gasteiger partial charge in [-0.2, -0.15) is 0 Å². The molecule has 0 atom stereocenters. The van der Waals surface area contributed by atoms with Crippen LogP contribution in [-0.2, 0) is 24.8 Å². The fourth-order valence-corrected chi connectivity index (χ4v) is 2.33. The standard InChI is InChI=1S/C15H15ClN2O3/c1-18-9-12(16)7-13(18)15(21)17-8-11-5-3-2-4-10(11)6-14(19)20/h2-5,7,9H,6,8H2,1H3,(H,17,21)(H,19,20). The molecule has 6 heteroatoms. The summed E-state index contributed by atoms with van der Waals surface area (Å²) in [4.78, 5) is 22.9. The molecule has 0 radical (unpaired) electrons. The minimum Gasteiger partial charge on any atom is -0.481 e. The minimum atomic E-state index is -0.900. The molecule has 110 valence electrons. The Labute approximate surface area is 127 Å². The van der Waals surface area contributed by atoms with E-state index in [0.29, 0.717) is 16.3 Å². The number of amides is 1. The molecule has 1 aromatic carbocycles. The molecule has 0 fully saturated rings. The van der Waals surface area contributed by atoms with Crippen molar-refractivity contribution in [2.75, 3.05) is 0 Å². The van der Waals surface area contributed by atoms with Crippen LogP contribution in [-0.4, -0.2) is 21.6 Å². The van der Waals surface area contributed by atoms with Gasteiger partial charge in [-0.15, -0.1) is 0 Å². The van der Waals surface area contributed by atoms with Gasteiger partial charge in [0.2, 0.25) is 0 Å². The third kappa shape index (κ3) is 3.86. The first kappa shape index (κ1) is 15.1. The van der Waals surface area contributed by atoms with Crippen molar-refractivity contribution in [2.24, 2.45) is 7.05 Å². The lowest BCUT2D eigenvalue weighted by molar-refractivity contribution is -0.136. The van der Waals surface area contributed by atoms with Crippen molar-refractivity contribution < 1.29 is 14.7 Å². The summed E-state index contributed by atoms with van der Waals surface area (Å²) in [7, 11) is 1.74. The highest BCUT2D eigenvalue weighted by Gasteiger charge is 2.12. The summed E-state index contributed by atoms with van der Waals surface area (Å²) in [6, 6.07) is 8.72. The molecule has 0 spiro atoms. The number of carbonyl (C=O) groups excluding carboxylic acids is 1. The van der Waals surface area contributed by atoms with E-state index in [9.17, 15) is 9.59 Å². The molecule has 1 amide bonds. The predicted octanol–water partition coefficient (Wildman–Crippen LogP) is 2.24. The van der Waals surface area contributed by atoms with Crippen LogP contribution in [0.1, 0.15) is 21.6 Å². The van der Waals surface area contributed by atoms with E-state index >= 15 is 0 Å². The number of carboxylic acids is 1. The molecule has 1 heterocycles. The summed E-state index contributed by atoms with van der Waals surface area (Å²) in [6.45, 7) is 0.269. The third-order valence-electron chi connectivity index (χ3n) is 3.10. The van der Waals surface area contributed by atoms with Gasteiger partial charge in [0, 0.05) is 19.8 Å². The maximum atomic E-state index is 12.1. The number of benzene rings is 1. The SMILES string of the molecule is Cn1cc(Cl)cc1C(=O)NCc1ccccc1CC(=O)O. The van der Waals surface area contributed by atoms with Crippen molar-refractivity contribution in [3.63, 3.8) is 0 Å². The van der Waals surface area contributed by atoms with Crippen LogP contribution in [0.5, 0.6) is 0 Å². The average molecular weight is 307 g/mol. The Bertz CT molecular complexity index is 679. The first-order chi connectivity index (χ1) is 9.97. The summed E-state index contributed by atoms with van der Waals surface area (Å²) in [5, 5.41) is 12.1. The van der Waals surface area contributed by atoms with Crippen molar-refractivity contribution >= 4 is 23.5 Å². The molecule has 0 saturated heterocycles. The Kier molecular flexibility index (Phi) is 4.65. The largest absolute Gasteiger partial charge is 0.481 e. The van der Waals surface area contributed by atoms with E-state index in [0.717, 1.165) is 5.56 Å². The fourth-order valence-electron chi connectivity index (χ4n) is 2.08. The quantitative estimate of drug-likeness (QED) is 0.890. The number of nitrogens with one attached hydrogen (secondary N) is 1. The Morgan fingerprint density at radius 1 is 1.29 bits per heavy atom. The molecule has 0 aliphatic rings. The van der Waals surface area contributed by atoms with Crippen LogP contribution in [0.3, 0.4) is 0 Å². The molecular formula is C15H15ClN2O3. The zero-order chi connectivity index (χ0) is 15.4. The number of aryl methyl sites for hydroxylation is 1. The highest BCUT2D eigenvalue weighted by atomic mass is 35.5. The zero-order valence-electron chi connectivity index (χ0n) is 11.5. The van der Waals surface area contributed by atoms with Crippen molar-refractivity contribution in [1.82, 2.24) is 9.88 Å². The van der Waals surface area contributed by atoms with Gasteiger partial charge in [-0.3, -0.25) is 9.59 Å². The van der Waals surface area contributed by atoms with E-state index in [2.05, 4.69) is 5.32 Å². The predicted molar refractivity (Wildman–Crippen MR) is 79.4 cm³/mol. The van der Waals surface area contributed by atoms with Crippen LogP contribution in [0.4, 0.5) is 0 Å². The highest BCUT2D eigenvalue weighted by Crippen LogP contribution is 2.13. The van der Waals surface area contributed by atoms with Gasteiger partial charge >= 0.3 is 5.97 Å². The maximum Gasteiger partial charge on any atom is 0.307 e. The van der Waals surface area contributed by atoms with Gasteiger partial charge in [-0.05, 0) is 17.2 Å². The summed E-state index contributed by atoms with van der Waals surface area (Å²) in [5.74, 6) is -1.16. The lowest BCUT2D eigenvalue weighted by Gasteiger charge is -2.09. The van der Waals surface area contributed by atoms with Crippen molar-refractivity contribution in [3.05, 3.63) is 58.4 Å². The number of hydrogen-bond acceptors (Lipinski definition) is 2. The topological polar surface area (TPSA) is 71.3 Å². The van der Waals surface area contributed by atoms with Gasteiger partial charge in [0.25, 0.3) is 5.91 Å². The molecule has 21 heavy (non-hydrogen) atoms. The van der Waals surface area contributed by atoms with Crippen molar-refractivity contribution in [3.8, 4) is 0 Å². The van der Waals surface area contributed by atoms with E-state index in [1.54, 1.807) is 42.1 Å². The molecule has 2 rings (SSSR count). The molecule has 2 aromatic rings. The van der Waals surface area contributed by atoms with E-state index in [-0.39, 0.29) is 18.9 Å². The molecule has 0 unspecified atom stereocenters. The highest BCUT2D eigenvalue weighted by molar-refractivity contribution is 6.31. The number of carboxylic acid groups (broad SMARTS) is 1. The van der Waals surface area contributed by atoms with Crippen LogP contribution in [0.2, 0.25) is 5.02 Å². The van der Waals surface area contributed by atoms with E-state index in [1.165, 1.54) is 0 Å². The molecule has 2 N–H and O–H groups in total. The van der Waals surface area contributed by atoms with E-state index < -0.39 is 5.97 Å². The Morgan fingerprint density at radius 2 is 1.95 bits per heavy atom. The number of aliphatic carboxylic acids is 1. The number of rotatable bonds is 5. The second-order valence-corrected chi connectivity index (χ2v) is 5.11. The molecule has 1 aromatic heterocycles. The summed E-state index contributed by atoms with van der Waals surface area (Å²) < 4.78 is 1.64. The second-order valence-electron chi connectivity index (χ2n) is 4.68. The van der Waals surface area contributed by atoms with E-state index in [4.69, 9.17) is 16.7 Å². The molecule has 0 saturated carbocycles. The van der Waals surface area contributed by atoms with Gasteiger partial charge in [0.05, 0.1) is 11.4 Å². The Balaban J connectivity index is 2.08. The lowest BCUT2D eigenvalue weighted by atomic mass is 10.0. The molecule has 0 aliphatic carbocycles. The lowest BCUT2D eigenvalue weighted by Crippen LogP contribution is -2.25. The monoisotopic (exact) mass is 306 g/mol. The number of hydrogen-bond donors (Lipinski definition) is 2.